The molecule has 0 saturated carbocycles. The zero-order valence-corrected chi connectivity index (χ0v) is 13.8. The molecular formula is C18H18ClN3O. The highest BCUT2D eigenvalue weighted by Gasteiger charge is 2.24. The predicted molar refractivity (Wildman–Crippen MR) is 93.8 cm³/mol. The van der Waals surface area contributed by atoms with Crippen LogP contribution in [0.2, 0.25) is 5.02 Å². The molecule has 3 aromatic rings. The lowest BCUT2D eigenvalue weighted by molar-refractivity contribution is 0.109. The minimum Gasteiger partial charge on any atom is -0.486 e. The number of fused-ring (bicyclic) bond motifs is 1. The summed E-state index contributed by atoms with van der Waals surface area (Å²) in [7, 11) is 0. The van der Waals surface area contributed by atoms with Crippen LogP contribution in [0, 0.1) is 0 Å². The van der Waals surface area contributed by atoms with Crippen molar-refractivity contribution < 1.29 is 4.74 Å². The van der Waals surface area contributed by atoms with Crippen LogP contribution >= 0.6 is 11.6 Å². The first kappa shape index (κ1) is 15.6. The number of nitrogens with zero attached hydrogens (tertiary/aromatic N) is 2. The average Bonchev–Trinajstić information content (AvgIpc) is 2.49. The van der Waals surface area contributed by atoms with E-state index in [1.165, 1.54) is 0 Å². The van der Waals surface area contributed by atoms with Crippen molar-refractivity contribution in [3.05, 3.63) is 59.2 Å². The second-order valence-electron chi connectivity index (χ2n) is 6.01. The number of halogens is 1. The molecule has 2 N–H and O–H groups in total. The summed E-state index contributed by atoms with van der Waals surface area (Å²) in [5, 5.41) is 1.57. The van der Waals surface area contributed by atoms with Gasteiger partial charge in [-0.3, -0.25) is 0 Å². The summed E-state index contributed by atoms with van der Waals surface area (Å²) in [6.45, 7) is 4.01. The highest BCUT2D eigenvalue weighted by molar-refractivity contribution is 6.32. The zero-order valence-electron chi connectivity index (χ0n) is 13.1. The molecular weight excluding hydrogens is 310 g/mol. The smallest absolute Gasteiger partial charge is 0.220 e. The SMILES string of the molecule is CC(C)(Cc1nc(N)nc2ccccc12)Oc1ccccc1Cl. The zero-order chi connectivity index (χ0) is 16.4. The normalized spacial score (nSPS) is 11.6. The van der Waals surface area contributed by atoms with E-state index in [9.17, 15) is 0 Å². The Morgan fingerprint density at radius 1 is 1.04 bits per heavy atom. The maximum Gasteiger partial charge on any atom is 0.220 e. The number of nitrogens with two attached hydrogens (primary N) is 1. The summed E-state index contributed by atoms with van der Waals surface area (Å²) in [5.74, 6) is 0.928. The predicted octanol–water partition coefficient (Wildman–Crippen LogP) is 4.27. The van der Waals surface area contributed by atoms with Crippen LogP contribution < -0.4 is 10.5 Å². The van der Waals surface area contributed by atoms with Gasteiger partial charge in [0.05, 0.1) is 16.2 Å². The standard InChI is InChI=1S/C18H18ClN3O/c1-18(2,23-16-10-6-4-8-13(16)19)11-15-12-7-3-5-9-14(12)21-17(20)22-15/h3-10H,11H2,1-2H3,(H2,20,21,22). The van der Waals surface area contributed by atoms with E-state index < -0.39 is 5.60 Å². The van der Waals surface area contributed by atoms with Gasteiger partial charge < -0.3 is 10.5 Å². The van der Waals surface area contributed by atoms with Crippen molar-refractivity contribution in [1.29, 1.82) is 0 Å². The number of rotatable bonds is 4. The van der Waals surface area contributed by atoms with Crippen LogP contribution in [0.25, 0.3) is 10.9 Å². The van der Waals surface area contributed by atoms with Gasteiger partial charge in [0.15, 0.2) is 0 Å². The maximum atomic E-state index is 6.18. The Hall–Kier alpha value is -2.33. The fourth-order valence-corrected chi connectivity index (χ4v) is 2.74. The third kappa shape index (κ3) is 3.54. The van der Waals surface area contributed by atoms with E-state index in [1.54, 1.807) is 0 Å². The number of nitrogen functional groups attached to an aromatic ring is 1. The molecule has 0 radical (unpaired) electrons. The molecule has 0 amide bonds. The van der Waals surface area contributed by atoms with Crippen LogP contribution in [0.4, 0.5) is 5.95 Å². The molecule has 0 spiro atoms. The van der Waals surface area contributed by atoms with Crippen molar-refractivity contribution >= 4 is 28.5 Å². The van der Waals surface area contributed by atoms with Crippen LogP contribution in [0.3, 0.4) is 0 Å². The number of ether oxygens (including phenoxy) is 1. The molecule has 0 saturated heterocycles. The summed E-state index contributed by atoms with van der Waals surface area (Å²) >= 11 is 6.18. The Balaban J connectivity index is 1.93. The average molecular weight is 328 g/mol. The van der Waals surface area contributed by atoms with Crippen LogP contribution in [-0.2, 0) is 6.42 Å². The van der Waals surface area contributed by atoms with Crippen LogP contribution in [-0.4, -0.2) is 15.6 Å². The quantitative estimate of drug-likeness (QED) is 0.777. The molecule has 23 heavy (non-hydrogen) atoms. The van der Waals surface area contributed by atoms with Gasteiger partial charge in [-0.25, -0.2) is 9.97 Å². The molecule has 0 aliphatic rings. The lowest BCUT2D eigenvalue weighted by Crippen LogP contribution is -2.31. The summed E-state index contributed by atoms with van der Waals surface area (Å²) in [6.07, 6.45) is 0.589. The van der Waals surface area contributed by atoms with Crippen molar-refractivity contribution in [2.24, 2.45) is 0 Å². The minimum atomic E-state index is -0.492. The van der Waals surface area contributed by atoms with Gasteiger partial charge >= 0.3 is 0 Å². The Morgan fingerprint density at radius 3 is 2.52 bits per heavy atom. The summed E-state index contributed by atoms with van der Waals surface area (Å²) in [5.41, 5.74) is 7.05. The van der Waals surface area contributed by atoms with Gasteiger partial charge in [-0.2, -0.15) is 0 Å². The van der Waals surface area contributed by atoms with E-state index in [-0.39, 0.29) is 5.95 Å². The summed E-state index contributed by atoms with van der Waals surface area (Å²) in [4.78, 5) is 8.67. The Kier molecular flexibility index (Phi) is 4.09. The van der Waals surface area contributed by atoms with E-state index >= 15 is 0 Å². The van der Waals surface area contributed by atoms with Gasteiger partial charge in [-0.05, 0) is 32.0 Å². The lowest BCUT2D eigenvalue weighted by Gasteiger charge is -2.27. The molecule has 0 fully saturated rings. The van der Waals surface area contributed by atoms with Gasteiger partial charge in [0.2, 0.25) is 5.95 Å². The number of benzene rings is 2. The topological polar surface area (TPSA) is 61.0 Å². The molecule has 5 heteroatoms. The van der Waals surface area contributed by atoms with E-state index in [4.69, 9.17) is 22.1 Å². The molecule has 3 rings (SSSR count). The molecule has 118 valence electrons. The van der Waals surface area contributed by atoms with E-state index in [0.717, 1.165) is 16.6 Å². The first-order valence-electron chi connectivity index (χ1n) is 7.39. The van der Waals surface area contributed by atoms with Crippen molar-refractivity contribution in [2.75, 3.05) is 5.73 Å². The number of para-hydroxylation sites is 2. The minimum absolute atomic E-state index is 0.271. The Morgan fingerprint density at radius 2 is 1.74 bits per heavy atom. The number of aromatic nitrogens is 2. The Labute approximate surface area is 140 Å². The first-order chi connectivity index (χ1) is 10.9. The molecule has 1 heterocycles. The van der Waals surface area contributed by atoms with Crippen molar-refractivity contribution in [2.45, 2.75) is 25.9 Å². The fraction of sp³-hybridized carbons (Fsp3) is 0.222. The van der Waals surface area contributed by atoms with Gasteiger partial charge in [0, 0.05) is 11.8 Å². The van der Waals surface area contributed by atoms with Crippen LogP contribution in [0.5, 0.6) is 5.75 Å². The number of hydrogen-bond acceptors (Lipinski definition) is 4. The van der Waals surface area contributed by atoms with Gasteiger partial charge in [-0.1, -0.05) is 41.9 Å². The van der Waals surface area contributed by atoms with Crippen molar-refractivity contribution in [3.8, 4) is 5.75 Å². The highest BCUT2D eigenvalue weighted by atomic mass is 35.5. The summed E-state index contributed by atoms with van der Waals surface area (Å²) < 4.78 is 6.09. The molecule has 0 aliphatic carbocycles. The molecule has 0 unspecified atom stereocenters. The molecule has 4 nitrogen and oxygen atoms in total. The Bertz CT molecular complexity index is 849. The molecule has 1 aromatic heterocycles. The molecule has 0 aliphatic heterocycles. The highest BCUT2D eigenvalue weighted by Crippen LogP contribution is 2.29. The largest absolute Gasteiger partial charge is 0.486 e. The van der Waals surface area contributed by atoms with Gasteiger partial charge in [-0.15, -0.1) is 0 Å². The fourth-order valence-electron chi connectivity index (χ4n) is 2.56. The molecule has 2 aromatic carbocycles. The van der Waals surface area contributed by atoms with Crippen LogP contribution in [0.1, 0.15) is 19.5 Å². The first-order valence-corrected chi connectivity index (χ1v) is 7.77. The van der Waals surface area contributed by atoms with Crippen LogP contribution in [0.15, 0.2) is 48.5 Å². The molecule has 0 atom stereocenters. The number of hydrogen-bond donors (Lipinski definition) is 1. The second kappa shape index (κ2) is 6.05. The van der Waals surface area contributed by atoms with E-state index in [0.29, 0.717) is 17.2 Å². The van der Waals surface area contributed by atoms with E-state index in [1.807, 2.05) is 62.4 Å². The third-order valence-electron chi connectivity index (χ3n) is 3.52. The molecule has 0 bridgehead atoms. The van der Waals surface area contributed by atoms with E-state index in [2.05, 4.69) is 9.97 Å². The van der Waals surface area contributed by atoms with Crippen molar-refractivity contribution in [1.82, 2.24) is 9.97 Å². The second-order valence-corrected chi connectivity index (χ2v) is 6.42. The lowest BCUT2D eigenvalue weighted by atomic mass is 9.99. The monoisotopic (exact) mass is 327 g/mol. The summed E-state index contributed by atoms with van der Waals surface area (Å²) in [6, 6.07) is 15.3. The van der Waals surface area contributed by atoms with Gasteiger partial charge in [0.1, 0.15) is 11.4 Å². The maximum absolute atomic E-state index is 6.18. The van der Waals surface area contributed by atoms with Crippen molar-refractivity contribution in [3.63, 3.8) is 0 Å². The third-order valence-corrected chi connectivity index (χ3v) is 3.83. The van der Waals surface area contributed by atoms with Gasteiger partial charge in [0.25, 0.3) is 0 Å². The number of anilines is 1.